The van der Waals surface area contributed by atoms with Gasteiger partial charge in [0.25, 0.3) is 0 Å². The van der Waals surface area contributed by atoms with Gasteiger partial charge in [0.1, 0.15) is 5.82 Å². The average molecular weight is 219 g/mol. The van der Waals surface area contributed by atoms with Crippen LogP contribution in [0.25, 0.3) is 0 Å². The van der Waals surface area contributed by atoms with Crippen molar-refractivity contribution in [3.8, 4) is 0 Å². The van der Waals surface area contributed by atoms with Crippen LogP contribution in [0.3, 0.4) is 0 Å². The Kier molecular flexibility index (Phi) is 2.38. The summed E-state index contributed by atoms with van der Waals surface area (Å²) in [6.07, 6.45) is 1.18. The second kappa shape index (κ2) is 3.42. The second-order valence-corrected chi connectivity index (χ2v) is 4.09. The van der Waals surface area contributed by atoms with Crippen molar-refractivity contribution in [2.75, 3.05) is 0 Å². The summed E-state index contributed by atoms with van der Waals surface area (Å²) in [6, 6.07) is 0. The van der Waals surface area contributed by atoms with Crippen LogP contribution in [0.2, 0.25) is 0 Å². The quantitative estimate of drug-likeness (QED) is 0.713. The standard InChI is InChI=1S/C8H11F2N3S/c9-8(10)3-1-2-5(4-8)6-11-7(14)13-12-6/h5H,1-4H2,(H2,11,12,13,14). The predicted molar refractivity (Wildman–Crippen MR) is 49.9 cm³/mol. The Morgan fingerprint density at radius 2 is 2.21 bits per heavy atom. The van der Waals surface area contributed by atoms with Gasteiger partial charge in [0.2, 0.25) is 10.7 Å². The average Bonchev–Trinajstić information content (AvgIpc) is 2.50. The van der Waals surface area contributed by atoms with E-state index in [1.54, 1.807) is 0 Å². The summed E-state index contributed by atoms with van der Waals surface area (Å²) in [7, 11) is 0. The molecule has 2 rings (SSSR count). The lowest BCUT2D eigenvalue weighted by molar-refractivity contribution is -0.0416. The van der Waals surface area contributed by atoms with Gasteiger partial charge >= 0.3 is 0 Å². The van der Waals surface area contributed by atoms with Crippen molar-refractivity contribution in [1.29, 1.82) is 0 Å². The lowest BCUT2D eigenvalue weighted by atomic mass is 9.86. The zero-order chi connectivity index (χ0) is 10.2. The Balaban J connectivity index is 2.15. The molecule has 0 bridgehead atoms. The lowest BCUT2D eigenvalue weighted by Gasteiger charge is -2.27. The topological polar surface area (TPSA) is 44.5 Å². The number of rotatable bonds is 1. The van der Waals surface area contributed by atoms with E-state index >= 15 is 0 Å². The molecule has 3 nitrogen and oxygen atoms in total. The molecule has 2 N–H and O–H groups in total. The largest absolute Gasteiger partial charge is 0.285 e. The highest BCUT2D eigenvalue weighted by Gasteiger charge is 2.37. The van der Waals surface area contributed by atoms with E-state index in [4.69, 9.17) is 12.2 Å². The Morgan fingerprint density at radius 1 is 1.43 bits per heavy atom. The molecular formula is C8H11F2N3S. The molecule has 0 radical (unpaired) electrons. The number of nitrogens with zero attached hydrogens (tertiary/aromatic N) is 1. The maximum atomic E-state index is 13.1. The highest BCUT2D eigenvalue weighted by atomic mass is 32.1. The summed E-state index contributed by atoms with van der Waals surface area (Å²) in [6.45, 7) is 0. The van der Waals surface area contributed by atoms with Crippen LogP contribution in [-0.4, -0.2) is 21.1 Å². The van der Waals surface area contributed by atoms with Gasteiger partial charge in [-0.15, -0.1) is 0 Å². The third kappa shape index (κ3) is 2.00. The molecule has 1 unspecified atom stereocenters. The highest BCUT2D eigenvalue weighted by Crippen LogP contribution is 2.40. The first-order valence-corrected chi connectivity index (χ1v) is 5.00. The van der Waals surface area contributed by atoms with Crippen molar-refractivity contribution in [1.82, 2.24) is 15.2 Å². The molecular weight excluding hydrogens is 208 g/mol. The summed E-state index contributed by atoms with van der Waals surface area (Å²) in [5.41, 5.74) is 0. The molecule has 0 aliphatic heterocycles. The number of hydrogen-bond donors (Lipinski definition) is 2. The van der Waals surface area contributed by atoms with Crippen molar-refractivity contribution < 1.29 is 8.78 Å². The Hall–Kier alpha value is -0.780. The first-order chi connectivity index (χ1) is 6.57. The molecule has 1 aliphatic rings. The first kappa shape index (κ1) is 9.76. The Bertz CT molecular complexity index is 371. The molecule has 1 aromatic rings. The zero-order valence-corrected chi connectivity index (χ0v) is 8.33. The summed E-state index contributed by atoms with van der Waals surface area (Å²) >= 11 is 4.77. The van der Waals surface area contributed by atoms with E-state index in [0.717, 1.165) is 6.42 Å². The molecule has 1 heterocycles. The van der Waals surface area contributed by atoms with Crippen LogP contribution in [0, 0.1) is 4.77 Å². The fraction of sp³-hybridized carbons (Fsp3) is 0.750. The molecule has 1 atom stereocenters. The van der Waals surface area contributed by atoms with E-state index in [0.29, 0.717) is 17.0 Å². The molecule has 1 saturated carbocycles. The van der Waals surface area contributed by atoms with Gasteiger partial charge in [-0.1, -0.05) is 0 Å². The highest BCUT2D eigenvalue weighted by molar-refractivity contribution is 7.71. The number of aromatic nitrogens is 3. The van der Waals surface area contributed by atoms with Crippen molar-refractivity contribution >= 4 is 12.2 Å². The number of halogens is 2. The van der Waals surface area contributed by atoms with Gasteiger partial charge < -0.3 is 0 Å². The summed E-state index contributed by atoms with van der Waals surface area (Å²) < 4.78 is 26.5. The van der Waals surface area contributed by atoms with Gasteiger partial charge in [-0.25, -0.2) is 13.8 Å². The van der Waals surface area contributed by atoms with Crippen LogP contribution in [0.5, 0.6) is 0 Å². The minimum absolute atomic E-state index is 0.00530. The normalized spacial score (nSPS) is 26.3. The van der Waals surface area contributed by atoms with Crippen LogP contribution in [0.1, 0.15) is 37.4 Å². The van der Waals surface area contributed by atoms with Gasteiger partial charge in [-0.3, -0.25) is 10.2 Å². The van der Waals surface area contributed by atoms with Gasteiger partial charge in [0, 0.05) is 18.8 Å². The van der Waals surface area contributed by atoms with Gasteiger partial charge in [0.15, 0.2) is 0 Å². The van der Waals surface area contributed by atoms with E-state index < -0.39 is 5.92 Å². The number of nitrogens with one attached hydrogen (secondary N) is 2. The molecule has 0 saturated heterocycles. The molecule has 0 spiro atoms. The van der Waals surface area contributed by atoms with Crippen molar-refractivity contribution in [3.63, 3.8) is 0 Å². The van der Waals surface area contributed by atoms with E-state index in [2.05, 4.69) is 15.2 Å². The maximum absolute atomic E-state index is 13.1. The third-order valence-corrected chi connectivity index (χ3v) is 2.74. The maximum Gasteiger partial charge on any atom is 0.248 e. The zero-order valence-electron chi connectivity index (χ0n) is 7.52. The van der Waals surface area contributed by atoms with E-state index in [9.17, 15) is 8.78 Å². The van der Waals surface area contributed by atoms with Crippen LogP contribution < -0.4 is 0 Å². The minimum Gasteiger partial charge on any atom is -0.285 e. The minimum atomic E-state index is -2.54. The fourth-order valence-corrected chi connectivity index (χ4v) is 2.03. The predicted octanol–water partition coefficient (Wildman–Crippen LogP) is 2.76. The SMILES string of the molecule is FC1(F)CCCC(c2nc(=S)[nH][nH]2)C1. The third-order valence-electron chi connectivity index (χ3n) is 2.55. The smallest absolute Gasteiger partial charge is 0.248 e. The Morgan fingerprint density at radius 3 is 2.79 bits per heavy atom. The number of hydrogen-bond acceptors (Lipinski definition) is 2. The van der Waals surface area contributed by atoms with E-state index in [-0.39, 0.29) is 18.8 Å². The lowest BCUT2D eigenvalue weighted by Crippen LogP contribution is -2.25. The summed E-state index contributed by atoms with van der Waals surface area (Å²) in [4.78, 5) is 3.97. The summed E-state index contributed by atoms with van der Waals surface area (Å²) in [5.74, 6) is -2.17. The van der Waals surface area contributed by atoms with Crippen molar-refractivity contribution in [3.05, 3.63) is 10.6 Å². The van der Waals surface area contributed by atoms with Gasteiger partial charge in [-0.2, -0.15) is 0 Å². The summed E-state index contributed by atoms with van der Waals surface area (Å²) in [5, 5.41) is 5.37. The molecule has 0 amide bonds. The van der Waals surface area contributed by atoms with Gasteiger partial charge in [-0.05, 0) is 25.1 Å². The fourth-order valence-electron chi connectivity index (χ4n) is 1.88. The van der Waals surface area contributed by atoms with E-state index in [1.165, 1.54) is 0 Å². The van der Waals surface area contributed by atoms with Gasteiger partial charge in [0.05, 0.1) is 0 Å². The molecule has 1 aromatic heterocycles. The molecule has 1 fully saturated rings. The van der Waals surface area contributed by atoms with Crippen molar-refractivity contribution in [2.24, 2.45) is 0 Å². The first-order valence-electron chi connectivity index (χ1n) is 4.59. The van der Waals surface area contributed by atoms with Crippen LogP contribution in [0.4, 0.5) is 8.78 Å². The molecule has 78 valence electrons. The Labute approximate surface area is 84.9 Å². The van der Waals surface area contributed by atoms with E-state index in [1.807, 2.05) is 0 Å². The molecule has 1 aliphatic carbocycles. The van der Waals surface area contributed by atoms with Crippen LogP contribution in [0.15, 0.2) is 0 Å². The monoisotopic (exact) mass is 219 g/mol. The molecule has 6 heteroatoms. The van der Waals surface area contributed by atoms with Crippen LogP contribution in [-0.2, 0) is 0 Å². The number of aromatic amines is 2. The molecule has 14 heavy (non-hydrogen) atoms. The number of alkyl halides is 2. The van der Waals surface area contributed by atoms with Crippen LogP contribution >= 0.6 is 12.2 Å². The number of H-pyrrole nitrogens is 2. The second-order valence-electron chi connectivity index (χ2n) is 3.70. The molecule has 0 aromatic carbocycles. The van der Waals surface area contributed by atoms with Crippen molar-refractivity contribution in [2.45, 2.75) is 37.5 Å².